The van der Waals surface area contributed by atoms with Gasteiger partial charge in [0.15, 0.2) is 12.1 Å². The van der Waals surface area contributed by atoms with Crippen LogP contribution in [0.4, 0.5) is 0 Å². The molecule has 2 saturated heterocycles. The molecule has 248 valence electrons. The smallest absolute Gasteiger partial charge is 0.186 e. The Morgan fingerprint density at radius 1 is 0.884 bits per heavy atom. The lowest BCUT2D eigenvalue weighted by molar-refractivity contribution is -0.303. The van der Waals surface area contributed by atoms with Gasteiger partial charge in [-0.3, -0.25) is 0 Å². The molecule has 1 unspecified atom stereocenters. The molecule has 2 aliphatic heterocycles. The van der Waals surface area contributed by atoms with E-state index in [2.05, 4.69) is 20.8 Å². The monoisotopic (exact) mass is 612 g/mol. The standard InChI is InChI=1S/C33H56O10/c1-16(15-41-30-29(39)28(38)27(37)25(14-34)42-30)5-10-33(40)17(2)26-24(43-33)13-21-19-12-23(36)22-11-18(35)6-8-31(22,3)20(19)7-9-32(21,26)4/h16-30,34-40H,5-15H2,1-4H3/t16-,17+,18+,19-,20+,21+,22-,23-,24+,25-,26+,27-,28+,29-,30-,31-,32+,33?/m1/s1. The third-order valence-electron chi connectivity index (χ3n) is 13.7. The van der Waals surface area contributed by atoms with Crippen LogP contribution in [0.2, 0.25) is 0 Å². The zero-order valence-electron chi connectivity index (χ0n) is 26.3. The van der Waals surface area contributed by atoms with Gasteiger partial charge in [0.2, 0.25) is 0 Å². The molecule has 0 radical (unpaired) electrons. The summed E-state index contributed by atoms with van der Waals surface area (Å²) in [7, 11) is 0. The number of ether oxygens (including phenoxy) is 3. The molecule has 0 aromatic rings. The second-order valence-electron chi connectivity index (χ2n) is 16.0. The van der Waals surface area contributed by atoms with Crippen molar-refractivity contribution in [3.63, 3.8) is 0 Å². The Labute approximate surface area is 255 Å². The zero-order chi connectivity index (χ0) is 31.1. The number of fused-ring (bicyclic) bond motifs is 7. The first kappa shape index (κ1) is 32.5. The minimum Gasteiger partial charge on any atom is -0.394 e. The van der Waals surface area contributed by atoms with Gasteiger partial charge >= 0.3 is 0 Å². The van der Waals surface area contributed by atoms with Crippen LogP contribution < -0.4 is 0 Å². The molecule has 4 saturated carbocycles. The van der Waals surface area contributed by atoms with Gasteiger partial charge in [-0.2, -0.15) is 0 Å². The average molecular weight is 613 g/mol. The van der Waals surface area contributed by atoms with Crippen molar-refractivity contribution in [2.75, 3.05) is 13.2 Å². The Morgan fingerprint density at radius 2 is 1.60 bits per heavy atom. The first-order valence-corrected chi connectivity index (χ1v) is 16.9. The van der Waals surface area contributed by atoms with Gasteiger partial charge in [0.05, 0.1) is 31.5 Å². The Bertz CT molecular complexity index is 997. The Morgan fingerprint density at radius 3 is 2.33 bits per heavy atom. The van der Waals surface area contributed by atoms with E-state index < -0.39 is 43.1 Å². The van der Waals surface area contributed by atoms with Crippen LogP contribution in [0, 0.1) is 52.3 Å². The fraction of sp³-hybridized carbons (Fsp3) is 1.00. The maximum atomic E-state index is 11.8. The second-order valence-corrected chi connectivity index (χ2v) is 16.0. The molecule has 6 fully saturated rings. The third-order valence-corrected chi connectivity index (χ3v) is 13.7. The summed E-state index contributed by atoms with van der Waals surface area (Å²) in [4.78, 5) is 0. The number of rotatable bonds is 7. The minimum atomic E-state index is -1.48. The summed E-state index contributed by atoms with van der Waals surface area (Å²) in [6.07, 6.45) is 0.393. The van der Waals surface area contributed by atoms with Crippen molar-refractivity contribution >= 4 is 0 Å². The van der Waals surface area contributed by atoms with E-state index in [-0.39, 0.29) is 59.4 Å². The van der Waals surface area contributed by atoms with E-state index in [1.165, 1.54) is 0 Å². The van der Waals surface area contributed by atoms with Crippen molar-refractivity contribution in [2.45, 2.75) is 140 Å². The molecule has 0 bridgehead atoms. The van der Waals surface area contributed by atoms with E-state index in [1.807, 2.05) is 6.92 Å². The van der Waals surface area contributed by atoms with Crippen LogP contribution in [0.1, 0.15) is 85.5 Å². The number of aliphatic hydroxyl groups is 7. The van der Waals surface area contributed by atoms with Gasteiger partial charge in [0, 0.05) is 12.3 Å². The fourth-order valence-corrected chi connectivity index (χ4v) is 11.3. The number of hydrogen-bond acceptors (Lipinski definition) is 10. The third kappa shape index (κ3) is 5.24. The van der Waals surface area contributed by atoms with Crippen molar-refractivity contribution in [1.29, 1.82) is 0 Å². The summed E-state index contributed by atoms with van der Waals surface area (Å²) < 4.78 is 17.8. The van der Waals surface area contributed by atoms with E-state index in [0.717, 1.165) is 38.5 Å². The summed E-state index contributed by atoms with van der Waals surface area (Å²) in [6.45, 7) is 8.61. The summed E-state index contributed by atoms with van der Waals surface area (Å²) >= 11 is 0. The molecule has 10 nitrogen and oxygen atoms in total. The number of aliphatic hydroxyl groups excluding tert-OH is 6. The average Bonchev–Trinajstić information content (AvgIpc) is 3.40. The van der Waals surface area contributed by atoms with Gasteiger partial charge in [-0.05, 0) is 97.7 Å². The minimum absolute atomic E-state index is 0.00200. The Balaban J connectivity index is 1.07. The maximum Gasteiger partial charge on any atom is 0.186 e. The van der Waals surface area contributed by atoms with Crippen molar-refractivity contribution in [2.24, 2.45) is 52.3 Å². The van der Waals surface area contributed by atoms with E-state index in [0.29, 0.717) is 37.0 Å². The molecule has 2 heterocycles. The van der Waals surface area contributed by atoms with E-state index in [4.69, 9.17) is 14.2 Å². The predicted molar refractivity (Wildman–Crippen MR) is 155 cm³/mol. The highest BCUT2D eigenvalue weighted by atomic mass is 16.7. The molecule has 10 heteroatoms. The lowest BCUT2D eigenvalue weighted by Crippen LogP contribution is -2.59. The van der Waals surface area contributed by atoms with Gasteiger partial charge in [0.1, 0.15) is 24.4 Å². The molecular weight excluding hydrogens is 556 g/mol. The Kier molecular flexibility index (Phi) is 8.84. The molecule has 18 atom stereocenters. The van der Waals surface area contributed by atoms with Crippen LogP contribution >= 0.6 is 0 Å². The maximum absolute atomic E-state index is 11.8. The van der Waals surface area contributed by atoms with Crippen molar-refractivity contribution < 1.29 is 50.0 Å². The first-order valence-electron chi connectivity index (χ1n) is 16.9. The van der Waals surface area contributed by atoms with E-state index >= 15 is 0 Å². The van der Waals surface area contributed by atoms with Gasteiger partial charge in [0.25, 0.3) is 0 Å². The van der Waals surface area contributed by atoms with Crippen LogP contribution in [-0.4, -0.2) is 104 Å². The molecule has 0 aromatic heterocycles. The summed E-state index contributed by atoms with van der Waals surface area (Å²) in [5.74, 6) is 0.610. The lowest BCUT2D eigenvalue weighted by Gasteiger charge is -2.62. The van der Waals surface area contributed by atoms with Crippen LogP contribution in [0.5, 0.6) is 0 Å². The van der Waals surface area contributed by atoms with Crippen LogP contribution in [0.3, 0.4) is 0 Å². The van der Waals surface area contributed by atoms with Crippen LogP contribution in [0.25, 0.3) is 0 Å². The molecular formula is C33H56O10. The van der Waals surface area contributed by atoms with Crippen LogP contribution in [-0.2, 0) is 14.2 Å². The van der Waals surface area contributed by atoms with Gasteiger partial charge in [-0.1, -0.05) is 27.7 Å². The highest BCUT2D eigenvalue weighted by molar-refractivity contribution is 5.16. The molecule has 0 spiro atoms. The molecule has 0 aromatic carbocycles. The predicted octanol–water partition coefficient (Wildman–Crippen LogP) is 1.54. The first-order chi connectivity index (χ1) is 20.2. The highest BCUT2D eigenvalue weighted by Crippen LogP contribution is 2.70. The van der Waals surface area contributed by atoms with Crippen molar-refractivity contribution in [3.05, 3.63) is 0 Å². The fourth-order valence-electron chi connectivity index (χ4n) is 11.3. The normalized spacial score (nSPS) is 57.0. The second kappa shape index (κ2) is 11.7. The topological polar surface area (TPSA) is 169 Å². The summed E-state index contributed by atoms with van der Waals surface area (Å²) in [5.41, 5.74) is 0.117. The lowest BCUT2D eigenvalue weighted by atomic mass is 9.43. The molecule has 6 rings (SSSR count). The van der Waals surface area contributed by atoms with E-state index in [1.54, 1.807) is 0 Å². The molecule has 0 amide bonds. The SMILES string of the molecule is C[C@H](CCC1(O)O[C@H]2C[C@H]3[C@@H]4C[C@@H](O)[C@H]5C[C@@H](O)CC[C@]5(C)[C@H]4CC[C@]3(C)[C@H]2[C@@H]1C)CO[C@@H]1O[C@H](CO)[C@@H](O)[C@H](O)[C@H]1O. The summed E-state index contributed by atoms with van der Waals surface area (Å²) in [5, 5.41) is 73.2. The highest BCUT2D eigenvalue weighted by Gasteiger charge is 2.69. The van der Waals surface area contributed by atoms with Gasteiger partial charge in [-0.15, -0.1) is 0 Å². The van der Waals surface area contributed by atoms with Gasteiger partial charge in [-0.25, -0.2) is 0 Å². The quantitative estimate of drug-likeness (QED) is 0.224. The van der Waals surface area contributed by atoms with E-state index in [9.17, 15) is 35.7 Å². The zero-order valence-corrected chi connectivity index (χ0v) is 26.3. The number of hydrogen-bond donors (Lipinski definition) is 7. The summed E-state index contributed by atoms with van der Waals surface area (Å²) in [6, 6.07) is 0. The van der Waals surface area contributed by atoms with Crippen molar-refractivity contribution in [1.82, 2.24) is 0 Å². The molecule has 4 aliphatic carbocycles. The van der Waals surface area contributed by atoms with Crippen LogP contribution in [0.15, 0.2) is 0 Å². The Hall–Kier alpha value is -0.400. The molecule has 6 aliphatic rings. The van der Waals surface area contributed by atoms with Crippen molar-refractivity contribution in [3.8, 4) is 0 Å². The van der Waals surface area contributed by atoms with Gasteiger partial charge < -0.3 is 50.0 Å². The molecule has 7 N–H and O–H groups in total. The largest absolute Gasteiger partial charge is 0.394 e. The molecule has 43 heavy (non-hydrogen) atoms.